The average Bonchev–Trinajstić information content (AvgIpc) is 2.93. The van der Waals surface area contributed by atoms with Crippen LogP contribution in [0.25, 0.3) is 0 Å². The highest BCUT2D eigenvalue weighted by atomic mass is 35.5. The predicted octanol–water partition coefficient (Wildman–Crippen LogP) is 1.64. The highest BCUT2D eigenvalue weighted by Crippen LogP contribution is 2.30. The van der Waals surface area contributed by atoms with Crippen LogP contribution >= 0.6 is 12.4 Å². The second-order valence-electron chi connectivity index (χ2n) is 6.14. The van der Waals surface area contributed by atoms with Gasteiger partial charge in [-0.3, -0.25) is 4.79 Å². The van der Waals surface area contributed by atoms with Crippen molar-refractivity contribution in [2.45, 2.75) is 31.6 Å². The molecule has 5 nitrogen and oxygen atoms in total. The van der Waals surface area contributed by atoms with Gasteiger partial charge in [0.1, 0.15) is 0 Å². The molecular formula is C16H25ClN2O3S. The van der Waals surface area contributed by atoms with Gasteiger partial charge in [0.2, 0.25) is 5.91 Å². The van der Waals surface area contributed by atoms with Crippen molar-refractivity contribution in [2.75, 3.05) is 12.8 Å². The quantitative estimate of drug-likeness (QED) is 0.807. The molecule has 0 bridgehead atoms. The number of amides is 1. The van der Waals surface area contributed by atoms with Gasteiger partial charge < -0.3 is 11.1 Å². The molecule has 0 saturated heterocycles. The van der Waals surface area contributed by atoms with E-state index in [0.717, 1.165) is 30.4 Å². The van der Waals surface area contributed by atoms with E-state index in [9.17, 15) is 13.2 Å². The second kappa shape index (κ2) is 8.66. The Labute approximate surface area is 144 Å². The number of hydrogen-bond acceptors (Lipinski definition) is 4. The normalized spacial score (nSPS) is 20.8. The minimum atomic E-state index is -3.02. The first-order valence-electron chi connectivity index (χ1n) is 7.62. The molecular weight excluding hydrogens is 336 g/mol. The zero-order valence-corrected chi connectivity index (χ0v) is 15.0. The Morgan fingerprint density at radius 3 is 2.39 bits per heavy atom. The fraction of sp³-hybridized carbons (Fsp3) is 0.562. The van der Waals surface area contributed by atoms with E-state index in [1.54, 1.807) is 12.1 Å². The van der Waals surface area contributed by atoms with Crippen LogP contribution in [0.4, 0.5) is 0 Å². The molecule has 3 N–H and O–H groups in total. The smallest absolute Gasteiger partial charge is 0.223 e. The average molecular weight is 361 g/mol. The maximum Gasteiger partial charge on any atom is 0.223 e. The van der Waals surface area contributed by atoms with Crippen LogP contribution in [0.3, 0.4) is 0 Å². The molecule has 0 spiro atoms. The molecule has 0 aromatic heterocycles. The number of rotatable bonds is 6. The first kappa shape index (κ1) is 19.9. The van der Waals surface area contributed by atoms with Gasteiger partial charge in [0, 0.05) is 18.7 Å². The molecule has 1 aromatic carbocycles. The maximum absolute atomic E-state index is 12.2. The third-order valence-corrected chi connectivity index (χ3v) is 5.07. The summed E-state index contributed by atoms with van der Waals surface area (Å²) < 4.78 is 22.5. The lowest BCUT2D eigenvalue weighted by Crippen LogP contribution is -2.34. The molecule has 0 aliphatic heterocycles. The lowest BCUT2D eigenvalue weighted by Gasteiger charge is -2.17. The van der Waals surface area contributed by atoms with Gasteiger partial charge in [-0.05, 0) is 36.4 Å². The van der Waals surface area contributed by atoms with E-state index in [4.69, 9.17) is 5.73 Å². The SMILES string of the molecule is CS(=O)(=O)Cc1ccc(CNC(=O)[C@@H]2CCC[C@@H]2CN)cc1.Cl. The Balaban J connectivity index is 0.00000264. The van der Waals surface area contributed by atoms with E-state index in [-0.39, 0.29) is 30.0 Å². The molecule has 130 valence electrons. The van der Waals surface area contributed by atoms with Crippen LogP contribution in [-0.4, -0.2) is 27.1 Å². The molecule has 1 aliphatic carbocycles. The number of carbonyl (C=O) groups is 1. The Hall–Kier alpha value is -1.11. The number of carbonyl (C=O) groups excluding carboxylic acids is 1. The van der Waals surface area contributed by atoms with E-state index in [2.05, 4.69) is 5.32 Å². The number of nitrogens with two attached hydrogens (primary N) is 1. The highest BCUT2D eigenvalue weighted by Gasteiger charge is 2.31. The standard InChI is InChI=1S/C16H24N2O3S.ClH/c1-22(20,21)11-13-7-5-12(6-8-13)10-18-16(19)15-4-2-3-14(15)9-17;/h5-8,14-15H,2-4,9-11,17H2,1H3,(H,18,19);1H/t14-,15-;/m1./s1. The van der Waals surface area contributed by atoms with E-state index in [1.807, 2.05) is 12.1 Å². The fourth-order valence-electron chi connectivity index (χ4n) is 3.04. The molecule has 1 aliphatic rings. The van der Waals surface area contributed by atoms with Crippen molar-refractivity contribution >= 4 is 28.2 Å². The molecule has 1 amide bonds. The molecule has 1 aromatic rings. The Morgan fingerprint density at radius 2 is 1.83 bits per heavy atom. The topological polar surface area (TPSA) is 89.3 Å². The number of benzene rings is 1. The Kier molecular flexibility index (Phi) is 7.51. The third kappa shape index (κ3) is 6.12. The monoisotopic (exact) mass is 360 g/mol. The fourth-order valence-corrected chi connectivity index (χ4v) is 3.84. The number of halogens is 1. The minimum Gasteiger partial charge on any atom is -0.352 e. The van der Waals surface area contributed by atoms with Crippen LogP contribution in [0, 0.1) is 11.8 Å². The summed E-state index contributed by atoms with van der Waals surface area (Å²) in [6.45, 7) is 1.03. The lowest BCUT2D eigenvalue weighted by atomic mass is 9.95. The van der Waals surface area contributed by atoms with Crippen molar-refractivity contribution in [1.29, 1.82) is 0 Å². The van der Waals surface area contributed by atoms with Crippen LogP contribution in [0.5, 0.6) is 0 Å². The van der Waals surface area contributed by atoms with Gasteiger partial charge >= 0.3 is 0 Å². The van der Waals surface area contributed by atoms with Gasteiger partial charge in [-0.15, -0.1) is 12.4 Å². The summed E-state index contributed by atoms with van der Waals surface area (Å²) in [6.07, 6.45) is 4.24. The van der Waals surface area contributed by atoms with Crippen LogP contribution in [-0.2, 0) is 26.9 Å². The number of sulfone groups is 1. The van der Waals surface area contributed by atoms with Gasteiger partial charge in [-0.2, -0.15) is 0 Å². The molecule has 0 radical (unpaired) electrons. The van der Waals surface area contributed by atoms with Gasteiger partial charge in [0.05, 0.1) is 5.75 Å². The number of nitrogens with one attached hydrogen (secondary N) is 1. The van der Waals surface area contributed by atoms with E-state index >= 15 is 0 Å². The highest BCUT2D eigenvalue weighted by molar-refractivity contribution is 7.89. The summed E-state index contributed by atoms with van der Waals surface area (Å²) in [4.78, 5) is 12.2. The molecule has 7 heteroatoms. The van der Waals surface area contributed by atoms with Gasteiger partial charge in [0.15, 0.2) is 9.84 Å². The summed E-state index contributed by atoms with van der Waals surface area (Å²) in [5.41, 5.74) is 7.43. The van der Waals surface area contributed by atoms with Crippen molar-refractivity contribution in [3.05, 3.63) is 35.4 Å². The van der Waals surface area contributed by atoms with Crippen molar-refractivity contribution in [3.63, 3.8) is 0 Å². The Bertz CT molecular complexity index is 617. The van der Waals surface area contributed by atoms with E-state index < -0.39 is 9.84 Å². The molecule has 2 rings (SSSR count). The van der Waals surface area contributed by atoms with Crippen LogP contribution in [0.1, 0.15) is 30.4 Å². The van der Waals surface area contributed by atoms with Crippen LogP contribution in [0.15, 0.2) is 24.3 Å². The molecule has 0 heterocycles. The first-order valence-corrected chi connectivity index (χ1v) is 9.68. The van der Waals surface area contributed by atoms with Crippen LogP contribution < -0.4 is 11.1 Å². The second-order valence-corrected chi connectivity index (χ2v) is 8.28. The summed E-state index contributed by atoms with van der Waals surface area (Å²) in [5.74, 6) is 0.458. The largest absolute Gasteiger partial charge is 0.352 e. The molecule has 1 fully saturated rings. The zero-order valence-electron chi connectivity index (χ0n) is 13.3. The predicted molar refractivity (Wildman–Crippen MR) is 94.0 cm³/mol. The third-order valence-electron chi connectivity index (χ3n) is 4.22. The summed E-state index contributed by atoms with van der Waals surface area (Å²) in [7, 11) is -3.02. The molecule has 23 heavy (non-hydrogen) atoms. The van der Waals surface area contributed by atoms with Gasteiger partial charge in [-0.25, -0.2) is 8.42 Å². The zero-order chi connectivity index (χ0) is 16.2. The Morgan fingerprint density at radius 1 is 1.22 bits per heavy atom. The van der Waals surface area contributed by atoms with Crippen LogP contribution in [0.2, 0.25) is 0 Å². The molecule has 2 atom stereocenters. The van der Waals surface area contributed by atoms with Gasteiger partial charge in [-0.1, -0.05) is 30.7 Å². The summed E-state index contributed by atoms with van der Waals surface area (Å²) in [5, 5.41) is 2.96. The molecule has 0 unspecified atom stereocenters. The maximum atomic E-state index is 12.2. The van der Waals surface area contributed by atoms with E-state index in [1.165, 1.54) is 6.26 Å². The number of hydrogen-bond donors (Lipinski definition) is 2. The summed E-state index contributed by atoms with van der Waals surface area (Å²) in [6, 6.07) is 7.30. The first-order chi connectivity index (χ1) is 10.4. The van der Waals surface area contributed by atoms with Crippen molar-refractivity contribution in [3.8, 4) is 0 Å². The minimum absolute atomic E-state index is 0. The van der Waals surface area contributed by atoms with Crippen molar-refractivity contribution in [2.24, 2.45) is 17.6 Å². The lowest BCUT2D eigenvalue weighted by molar-refractivity contribution is -0.126. The van der Waals surface area contributed by atoms with E-state index in [0.29, 0.717) is 19.0 Å². The summed E-state index contributed by atoms with van der Waals surface area (Å²) >= 11 is 0. The molecule has 1 saturated carbocycles. The van der Waals surface area contributed by atoms with Crippen molar-refractivity contribution in [1.82, 2.24) is 5.32 Å². The van der Waals surface area contributed by atoms with Crippen molar-refractivity contribution < 1.29 is 13.2 Å². The van der Waals surface area contributed by atoms with Gasteiger partial charge in [0.25, 0.3) is 0 Å².